The van der Waals surface area contributed by atoms with Gasteiger partial charge in [0.05, 0.1) is 0 Å². The molecule has 6 heteroatoms. The second-order valence-electron chi connectivity index (χ2n) is 5.20. The van der Waals surface area contributed by atoms with Crippen molar-refractivity contribution in [1.82, 2.24) is 10.2 Å². The molecule has 5 N–H and O–H groups in total. The molecule has 0 aromatic heterocycles. The van der Waals surface area contributed by atoms with E-state index in [4.69, 9.17) is 5.73 Å². The number of nitrogens with two attached hydrogens (primary N) is 2. The van der Waals surface area contributed by atoms with E-state index in [-0.39, 0.29) is 17.5 Å². The smallest absolute Gasteiger partial charge is 0.365 e. The van der Waals surface area contributed by atoms with Crippen LogP contribution in [0, 0.1) is 0 Å². The van der Waals surface area contributed by atoms with Gasteiger partial charge in [-0.15, -0.1) is 0 Å². The maximum absolute atomic E-state index is 12.2. The van der Waals surface area contributed by atoms with Gasteiger partial charge in [-0.25, -0.2) is 10.1 Å². The van der Waals surface area contributed by atoms with Crippen LogP contribution in [0.1, 0.15) is 19.3 Å². The molecule has 0 aliphatic rings. The maximum Gasteiger partial charge on any atom is 0.365 e. The van der Waals surface area contributed by atoms with Gasteiger partial charge in [-0.05, 0) is 25.0 Å². The molecule has 1 rings (SSSR count). The Hall–Kier alpha value is -2.34. The van der Waals surface area contributed by atoms with E-state index < -0.39 is 0 Å². The molecular weight excluding hydrogens is 280 g/mol. The number of para-hydroxylation sites is 1. The van der Waals surface area contributed by atoms with Crippen LogP contribution in [0.25, 0.3) is 0 Å². The van der Waals surface area contributed by atoms with Crippen LogP contribution < -0.4 is 16.4 Å². The largest absolute Gasteiger partial charge is 0.389 e. The Balaban J connectivity index is 2.63. The lowest BCUT2D eigenvalue weighted by Gasteiger charge is -2.12. The fourth-order valence-corrected chi connectivity index (χ4v) is 1.96. The first kappa shape index (κ1) is 17.7. The zero-order valence-electron chi connectivity index (χ0n) is 13.4. The summed E-state index contributed by atoms with van der Waals surface area (Å²) in [5.74, 6) is -0.161. The summed E-state index contributed by atoms with van der Waals surface area (Å²) in [6.07, 6.45) is 1.64. The molecule has 0 bridgehead atoms. The number of nitrogens with zero attached hydrogens (tertiary/aromatic N) is 1. The fourth-order valence-electron chi connectivity index (χ4n) is 1.96. The molecular formula is C16H25N4O2+. The van der Waals surface area contributed by atoms with Gasteiger partial charge in [0.1, 0.15) is 5.69 Å². The number of carbonyl (C=O) groups excluding carboxylic acids is 2. The Bertz CT molecular complexity index is 538. The number of hydrogen-bond acceptors (Lipinski definition) is 4. The van der Waals surface area contributed by atoms with Crippen molar-refractivity contribution in [3.63, 3.8) is 0 Å². The van der Waals surface area contributed by atoms with E-state index in [0.29, 0.717) is 25.0 Å². The number of allylic oxidation sites excluding steroid dienone is 1. The Labute approximate surface area is 131 Å². The summed E-state index contributed by atoms with van der Waals surface area (Å²) in [7, 11) is 5.18. The lowest BCUT2D eigenvalue weighted by Crippen LogP contribution is -2.83. The normalized spacial score (nSPS) is 11.6. The number of primary amides is 1. The van der Waals surface area contributed by atoms with Crippen molar-refractivity contribution in [3.8, 4) is 0 Å². The average molecular weight is 305 g/mol. The number of nitrogens with one attached hydrogen (secondary N) is 1. The fraction of sp³-hybridized carbons (Fsp3) is 0.375. The van der Waals surface area contributed by atoms with Crippen LogP contribution in [0.15, 0.2) is 41.7 Å². The Morgan fingerprint density at radius 2 is 1.82 bits per heavy atom. The predicted octanol–water partition coefficient (Wildman–Crippen LogP) is 0.0563. The monoisotopic (exact) mass is 305 g/mol. The molecule has 2 amide bonds. The molecule has 6 nitrogen and oxygen atoms in total. The van der Waals surface area contributed by atoms with Gasteiger partial charge in [-0.2, -0.15) is 0 Å². The van der Waals surface area contributed by atoms with E-state index in [2.05, 4.69) is 5.32 Å². The van der Waals surface area contributed by atoms with Crippen LogP contribution in [0.2, 0.25) is 0 Å². The average Bonchev–Trinajstić information content (AvgIpc) is 2.51. The van der Waals surface area contributed by atoms with Crippen molar-refractivity contribution in [2.75, 3.05) is 21.1 Å². The number of quaternary nitrogens is 1. The quantitative estimate of drug-likeness (QED) is 0.490. The standard InChI is InChI=1S/C16H24N4O2/c1-18-13(10-7-11-14(21)20(2)3)15(17)16(22)19-12-8-5-4-6-9-12/h4-6,8-9,18H,7,10-11,17H2,1-3H3,(H,19,22)/p+1/b15-13+. The number of carbonyl (C=O) groups is 2. The van der Waals surface area contributed by atoms with Crippen LogP contribution >= 0.6 is 0 Å². The summed E-state index contributed by atoms with van der Waals surface area (Å²) < 4.78 is 0. The third-order valence-electron chi connectivity index (χ3n) is 3.31. The van der Waals surface area contributed by atoms with E-state index >= 15 is 0 Å². The third-order valence-corrected chi connectivity index (χ3v) is 3.31. The van der Waals surface area contributed by atoms with Crippen molar-refractivity contribution >= 4 is 17.5 Å². The number of rotatable bonds is 7. The summed E-state index contributed by atoms with van der Waals surface area (Å²) in [5, 5.41) is 4.47. The van der Waals surface area contributed by atoms with Crippen molar-refractivity contribution < 1.29 is 14.9 Å². The first-order chi connectivity index (χ1) is 10.5. The SMILES string of the molecule is CN/C(CCCC(=O)N(C)C)=C(/N)C(=O)[NH2+]c1ccccc1. The lowest BCUT2D eigenvalue weighted by molar-refractivity contribution is -0.479. The highest BCUT2D eigenvalue weighted by molar-refractivity contribution is 5.86. The molecule has 120 valence electrons. The van der Waals surface area contributed by atoms with Crippen molar-refractivity contribution in [1.29, 1.82) is 0 Å². The summed E-state index contributed by atoms with van der Waals surface area (Å²) in [6, 6.07) is 9.32. The summed E-state index contributed by atoms with van der Waals surface area (Å²) in [5.41, 5.74) is 7.62. The topological polar surface area (TPSA) is 92.0 Å². The molecule has 0 aliphatic heterocycles. The van der Waals surface area contributed by atoms with Gasteiger partial charge in [0.2, 0.25) is 5.91 Å². The van der Waals surface area contributed by atoms with Crippen LogP contribution in [0.3, 0.4) is 0 Å². The highest BCUT2D eigenvalue weighted by Gasteiger charge is 2.16. The molecule has 0 atom stereocenters. The zero-order valence-corrected chi connectivity index (χ0v) is 13.4. The third kappa shape index (κ3) is 5.57. The van der Waals surface area contributed by atoms with Gasteiger partial charge in [-0.3, -0.25) is 4.79 Å². The number of benzene rings is 1. The van der Waals surface area contributed by atoms with Crippen LogP contribution in [0.4, 0.5) is 5.69 Å². The van der Waals surface area contributed by atoms with E-state index in [0.717, 1.165) is 5.69 Å². The molecule has 1 aromatic rings. The van der Waals surface area contributed by atoms with Gasteiger partial charge < -0.3 is 16.0 Å². The molecule has 0 aliphatic carbocycles. The van der Waals surface area contributed by atoms with Gasteiger partial charge in [-0.1, -0.05) is 18.2 Å². The van der Waals surface area contributed by atoms with Crippen LogP contribution in [0.5, 0.6) is 0 Å². The van der Waals surface area contributed by atoms with Crippen LogP contribution in [-0.2, 0) is 9.59 Å². The Morgan fingerprint density at radius 3 is 2.36 bits per heavy atom. The second kappa shape index (κ2) is 8.84. The van der Waals surface area contributed by atoms with Crippen molar-refractivity contribution in [2.45, 2.75) is 19.3 Å². The zero-order chi connectivity index (χ0) is 16.5. The predicted molar refractivity (Wildman–Crippen MR) is 85.9 cm³/mol. The molecule has 0 saturated carbocycles. The first-order valence-corrected chi connectivity index (χ1v) is 7.26. The minimum Gasteiger partial charge on any atom is -0.389 e. The van der Waals surface area contributed by atoms with Crippen molar-refractivity contribution in [2.24, 2.45) is 5.73 Å². The minimum absolute atomic E-state index is 0.0659. The highest BCUT2D eigenvalue weighted by Crippen LogP contribution is 2.08. The van der Waals surface area contributed by atoms with E-state index in [9.17, 15) is 9.59 Å². The van der Waals surface area contributed by atoms with Crippen LogP contribution in [-0.4, -0.2) is 37.9 Å². The highest BCUT2D eigenvalue weighted by atomic mass is 16.2. The lowest BCUT2D eigenvalue weighted by atomic mass is 10.1. The maximum atomic E-state index is 12.2. The molecule has 0 heterocycles. The molecule has 0 radical (unpaired) electrons. The molecule has 0 unspecified atom stereocenters. The molecule has 1 aromatic carbocycles. The van der Waals surface area contributed by atoms with Gasteiger partial charge in [0.25, 0.3) is 0 Å². The number of hydrogen-bond donors (Lipinski definition) is 3. The van der Waals surface area contributed by atoms with Gasteiger partial charge >= 0.3 is 5.91 Å². The minimum atomic E-state index is -0.227. The van der Waals surface area contributed by atoms with Gasteiger partial charge in [0.15, 0.2) is 5.70 Å². The number of amides is 2. The summed E-state index contributed by atoms with van der Waals surface area (Å²) in [4.78, 5) is 25.3. The van der Waals surface area contributed by atoms with E-state index in [1.165, 1.54) is 5.32 Å². The van der Waals surface area contributed by atoms with Gasteiger partial charge in [0, 0.05) is 33.3 Å². The Morgan fingerprint density at radius 1 is 1.18 bits per heavy atom. The first-order valence-electron chi connectivity index (χ1n) is 7.26. The van der Waals surface area contributed by atoms with Crippen molar-refractivity contribution in [3.05, 3.63) is 41.7 Å². The molecule has 22 heavy (non-hydrogen) atoms. The summed E-state index contributed by atoms with van der Waals surface area (Å²) >= 11 is 0. The Kier molecular flexibility index (Phi) is 7.12. The molecule has 0 spiro atoms. The molecule has 0 fully saturated rings. The second-order valence-corrected chi connectivity index (χ2v) is 5.20. The van der Waals surface area contributed by atoms with E-state index in [1.54, 1.807) is 26.0 Å². The molecule has 0 saturated heterocycles. The van der Waals surface area contributed by atoms with E-state index in [1.807, 2.05) is 30.3 Å². The summed E-state index contributed by atoms with van der Waals surface area (Å²) in [6.45, 7) is 0.